The summed E-state index contributed by atoms with van der Waals surface area (Å²) in [6.45, 7) is 1.88. The van der Waals surface area contributed by atoms with Gasteiger partial charge < -0.3 is 30.7 Å². The molecule has 258 valence electrons. The Morgan fingerprint density at radius 3 is 2.20 bits per heavy atom. The Labute approximate surface area is 267 Å². The van der Waals surface area contributed by atoms with E-state index in [-0.39, 0.29) is 52.8 Å². The van der Waals surface area contributed by atoms with Gasteiger partial charge in [0.15, 0.2) is 16.1 Å². The molecule has 0 amide bonds. The highest BCUT2D eigenvalue weighted by Crippen LogP contribution is 2.33. The van der Waals surface area contributed by atoms with E-state index in [9.17, 15) is 38.5 Å². The van der Waals surface area contributed by atoms with Crippen LogP contribution in [0, 0.1) is 0 Å². The third-order valence-electron chi connectivity index (χ3n) is 5.75. The third kappa shape index (κ3) is 11.7. The van der Waals surface area contributed by atoms with Crippen LogP contribution in [-0.4, -0.2) is 98.8 Å². The number of fused-ring (bicyclic) bond motifs is 2. The summed E-state index contributed by atoms with van der Waals surface area (Å²) in [5, 5.41) is 31.5. The third-order valence-corrected chi connectivity index (χ3v) is 10.3. The summed E-state index contributed by atoms with van der Waals surface area (Å²) in [4.78, 5) is 11.4. The molecule has 1 aromatic rings. The molecule has 2 heterocycles. The van der Waals surface area contributed by atoms with Gasteiger partial charge >= 0.3 is 5.97 Å². The molecule has 3 aliphatic rings. The van der Waals surface area contributed by atoms with Crippen LogP contribution in [-0.2, 0) is 49.3 Å². The molecule has 0 bridgehead atoms. The van der Waals surface area contributed by atoms with Crippen molar-refractivity contribution < 1.29 is 58.5 Å². The van der Waals surface area contributed by atoms with Gasteiger partial charge in [0.05, 0.1) is 53.0 Å². The first-order chi connectivity index (χ1) is 21.2. The summed E-state index contributed by atoms with van der Waals surface area (Å²) >= 11 is 0. The normalized spacial score (nSPS) is 20.6. The number of nitrogens with one attached hydrogen (secondary N) is 4. The van der Waals surface area contributed by atoms with E-state index < -0.39 is 63.3 Å². The highest BCUT2D eigenvalue weighted by Gasteiger charge is 2.36. The van der Waals surface area contributed by atoms with Crippen LogP contribution >= 0.6 is 0 Å². The van der Waals surface area contributed by atoms with E-state index in [1.54, 1.807) is 13.0 Å². The van der Waals surface area contributed by atoms with Gasteiger partial charge in [0.25, 0.3) is 0 Å². The number of sulfone groups is 2. The number of benzene rings is 1. The lowest BCUT2D eigenvalue weighted by atomic mass is 10.1. The van der Waals surface area contributed by atoms with E-state index >= 15 is 0 Å². The summed E-state index contributed by atoms with van der Waals surface area (Å²) < 4.78 is 103. The van der Waals surface area contributed by atoms with Gasteiger partial charge in [0.2, 0.25) is 29.9 Å². The summed E-state index contributed by atoms with van der Waals surface area (Å²) in [7, 11) is -13.5. The van der Waals surface area contributed by atoms with E-state index in [1.807, 2.05) is 0 Å². The Bertz CT molecular complexity index is 1860. The molecular formula is C25H36N4O13S4. The minimum absolute atomic E-state index is 0.0904. The van der Waals surface area contributed by atoms with E-state index in [1.165, 1.54) is 30.4 Å². The van der Waals surface area contributed by atoms with Crippen molar-refractivity contribution in [3.63, 3.8) is 0 Å². The Hall–Kier alpha value is -3.47. The maximum atomic E-state index is 12.4. The van der Waals surface area contributed by atoms with Gasteiger partial charge in [-0.05, 0) is 37.3 Å². The molecule has 17 nitrogen and oxygen atoms in total. The standard InChI is InChI=1S/C13H18N2O6S2.C11H14N2O6S2.CH4O/c1-3-21-13(16)7-10-8-23(19,20)12-6-9(15-22(2,17)18)4-5-11(12)14-10;1-20(16,17)13-7-2-3-9-10(4-7)21(18,19)6-8(12-9)5-11(14)15;1-2/h4-6,8,11-12,14-15H,3,7H2,1-2H3;2-4,6,11-15H,5H2,1H3;2H,1H3. The molecule has 0 radical (unpaired) electrons. The van der Waals surface area contributed by atoms with Crippen LogP contribution in [0.25, 0.3) is 0 Å². The Morgan fingerprint density at radius 2 is 1.63 bits per heavy atom. The number of sulfonamides is 2. The molecule has 21 heteroatoms. The van der Waals surface area contributed by atoms with Crippen LogP contribution in [0.2, 0.25) is 0 Å². The van der Waals surface area contributed by atoms with Crippen LogP contribution in [0.5, 0.6) is 0 Å². The number of aliphatic hydroxyl groups is 3. The van der Waals surface area contributed by atoms with E-state index in [0.29, 0.717) is 0 Å². The number of allylic oxidation sites excluding steroid dienone is 1. The fourth-order valence-corrected chi connectivity index (χ4v) is 8.34. The van der Waals surface area contributed by atoms with E-state index in [4.69, 9.17) is 20.1 Å². The zero-order valence-corrected chi connectivity index (χ0v) is 28.3. The largest absolute Gasteiger partial charge is 0.466 e. The van der Waals surface area contributed by atoms with Crippen LogP contribution in [0.15, 0.2) is 69.2 Å². The number of esters is 1. The number of carbonyl (C=O) groups excluding carboxylic acids is 1. The molecule has 0 saturated carbocycles. The van der Waals surface area contributed by atoms with Gasteiger partial charge in [-0.2, -0.15) is 0 Å². The van der Waals surface area contributed by atoms with Crippen molar-refractivity contribution >= 4 is 57.1 Å². The summed E-state index contributed by atoms with van der Waals surface area (Å²) in [6.07, 6.45) is 4.22. The van der Waals surface area contributed by atoms with Crippen molar-refractivity contribution in [2.75, 3.05) is 36.3 Å². The minimum Gasteiger partial charge on any atom is -0.466 e. The molecule has 1 aliphatic carbocycles. The van der Waals surface area contributed by atoms with E-state index in [0.717, 1.165) is 30.4 Å². The van der Waals surface area contributed by atoms with Gasteiger partial charge in [-0.15, -0.1) is 0 Å². The molecule has 0 aromatic heterocycles. The van der Waals surface area contributed by atoms with Gasteiger partial charge in [-0.1, -0.05) is 6.08 Å². The van der Waals surface area contributed by atoms with Gasteiger partial charge in [-0.3, -0.25) is 14.2 Å². The van der Waals surface area contributed by atoms with Crippen molar-refractivity contribution in [1.82, 2.24) is 10.0 Å². The number of hydrogen-bond donors (Lipinski definition) is 7. The van der Waals surface area contributed by atoms with Gasteiger partial charge in [0, 0.05) is 36.3 Å². The monoisotopic (exact) mass is 728 g/mol. The second-order valence-electron chi connectivity index (χ2n) is 9.79. The Morgan fingerprint density at radius 1 is 1.00 bits per heavy atom. The van der Waals surface area contributed by atoms with Crippen LogP contribution in [0.4, 0.5) is 11.4 Å². The van der Waals surface area contributed by atoms with Crippen LogP contribution in [0.1, 0.15) is 19.8 Å². The first-order valence-corrected chi connectivity index (χ1v) is 20.0. The van der Waals surface area contributed by atoms with Crippen LogP contribution < -0.4 is 20.1 Å². The molecule has 0 saturated heterocycles. The second-order valence-corrected chi connectivity index (χ2v) is 17.0. The topological polar surface area (TPSA) is 272 Å². The molecule has 7 N–H and O–H groups in total. The zero-order valence-electron chi connectivity index (χ0n) is 25.0. The maximum Gasteiger partial charge on any atom is 0.311 e. The molecular weight excluding hydrogens is 693 g/mol. The van der Waals surface area contributed by atoms with Crippen molar-refractivity contribution in [1.29, 1.82) is 0 Å². The fraction of sp³-hybridized carbons (Fsp3) is 0.400. The lowest BCUT2D eigenvalue weighted by Crippen LogP contribution is -2.47. The lowest BCUT2D eigenvalue weighted by molar-refractivity contribution is -0.142. The van der Waals surface area contributed by atoms with Crippen LogP contribution in [0.3, 0.4) is 0 Å². The number of anilines is 2. The molecule has 0 spiro atoms. The fourth-order valence-electron chi connectivity index (χ4n) is 4.24. The summed E-state index contributed by atoms with van der Waals surface area (Å²) in [6, 6.07) is 3.43. The number of hydrogen-bond acceptors (Lipinski definition) is 15. The Balaban J connectivity index is 0.000000305. The number of ether oxygens (including phenoxy) is 1. The predicted molar refractivity (Wildman–Crippen MR) is 169 cm³/mol. The van der Waals surface area contributed by atoms with Crippen molar-refractivity contribution in [3.8, 4) is 0 Å². The predicted octanol–water partition coefficient (Wildman–Crippen LogP) is -1.05. The molecule has 4 rings (SSSR count). The molecule has 2 unspecified atom stereocenters. The van der Waals surface area contributed by atoms with Crippen molar-refractivity contribution in [2.45, 2.75) is 42.2 Å². The highest BCUT2D eigenvalue weighted by atomic mass is 32.2. The Kier molecular flexibility index (Phi) is 13.0. The number of aliphatic hydroxyl groups excluding tert-OH is 2. The lowest BCUT2D eigenvalue weighted by Gasteiger charge is -2.31. The SMILES string of the molecule is CCOC(=O)CC1=CS(=O)(=O)C2C=C(NS(C)(=O)=O)C=CC2N1.CO.CS(=O)(=O)Nc1ccc2c(c1)S(=O)(=O)C=C(CC(O)O)N2. The first-order valence-electron chi connectivity index (χ1n) is 13.1. The minimum atomic E-state index is -3.80. The maximum absolute atomic E-state index is 12.4. The summed E-state index contributed by atoms with van der Waals surface area (Å²) in [5.41, 5.74) is 0.956. The van der Waals surface area contributed by atoms with Crippen molar-refractivity contribution in [2.24, 2.45) is 0 Å². The van der Waals surface area contributed by atoms with Gasteiger partial charge in [-0.25, -0.2) is 33.7 Å². The molecule has 1 aromatic carbocycles. The molecule has 0 fully saturated rings. The van der Waals surface area contributed by atoms with Gasteiger partial charge in [0.1, 0.15) is 5.25 Å². The highest BCUT2D eigenvalue weighted by molar-refractivity contribution is 7.95. The molecule has 2 atom stereocenters. The average molecular weight is 729 g/mol. The molecule has 2 aliphatic heterocycles. The average Bonchev–Trinajstić information content (AvgIpc) is 2.88. The first kappa shape index (κ1) is 38.7. The zero-order chi connectivity index (χ0) is 35.1. The number of carbonyl (C=O) groups is 1. The molecule has 46 heavy (non-hydrogen) atoms. The smallest absolute Gasteiger partial charge is 0.311 e. The second kappa shape index (κ2) is 15.4. The quantitative estimate of drug-likeness (QED) is 0.118. The summed E-state index contributed by atoms with van der Waals surface area (Å²) in [5.74, 6) is -0.519. The van der Waals surface area contributed by atoms with E-state index in [2.05, 4.69) is 20.1 Å². The number of rotatable bonds is 9. The van der Waals surface area contributed by atoms with Crippen molar-refractivity contribution in [3.05, 3.63) is 64.3 Å².